The van der Waals surface area contributed by atoms with E-state index in [-0.39, 0.29) is 18.7 Å². The van der Waals surface area contributed by atoms with Crippen molar-refractivity contribution in [3.63, 3.8) is 0 Å². The van der Waals surface area contributed by atoms with E-state index in [0.717, 1.165) is 22.3 Å². The molecule has 0 spiro atoms. The minimum Gasteiger partial charge on any atom is -0.465 e. The summed E-state index contributed by atoms with van der Waals surface area (Å²) in [6.45, 7) is 2.17. The lowest BCUT2D eigenvalue weighted by Crippen LogP contribution is -2.24. The van der Waals surface area contributed by atoms with Gasteiger partial charge in [0.2, 0.25) is 0 Å². The molecule has 3 rings (SSSR count). The molecule has 0 atom stereocenters. The Kier molecular flexibility index (Phi) is 6.01. The second-order valence-electron chi connectivity index (χ2n) is 6.54. The number of hydrogen-bond donors (Lipinski definition) is 1. The maximum atomic E-state index is 12.4. The first-order valence-corrected chi connectivity index (χ1v) is 8.98. The Morgan fingerprint density at radius 3 is 2.61 bits per heavy atom. The van der Waals surface area contributed by atoms with E-state index in [1.807, 2.05) is 37.3 Å². The number of aryl methyl sites for hydroxylation is 1. The molecule has 3 aromatic rings. The maximum Gasteiger partial charge on any atom is 0.337 e. The Balaban J connectivity index is 1.98. The van der Waals surface area contributed by atoms with Gasteiger partial charge < -0.3 is 9.84 Å². The zero-order chi connectivity index (χ0) is 20.1. The number of esters is 1. The van der Waals surface area contributed by atoms with Crippen LogP contribution >= 0.6 is 0 Å². The van der Waals surface area contributed by atoms with Crippen molar-refractivity contribution in [2.24, 2.45) is 0 Å². The smallest absolute Gasteiger partial charge is 0.337 e. The highest BCUT2D eigenvalue weighted by Crippen LogP contribution is 2.21. The maximum absolute atomic E-state index is 12.4. The van der Waals surface area contributed by atoms with Crippen LogP contribution in [0.5, 0.6) is 0 Å². The average Bonchev–Trinajstić information content (AvgIpc) is 2.70. The number of methoxy groups -OCH3 is 1. The van der Waals surface area contributed by atoms with Gasteiger partial charge in [0, 0.05) is 18.2 Å². The molecule has 0 fully saturated rings. The molecule has 0 unspecified atom stereocenters. The first-order valence-electron chi connectivity index (χ1n) is 8.98. The van der Waals surface area contributed by atoms with Crippen LogP contribution in [0.15, 0.2) is 59.4 Å². The molecule has 0 saturated carbocycles. The monoisotopic (exact) mass is 378 g/mol. The van der Waals surface area contributed by atoms with E-state index < -0.39 is 5.97 Å². The summed E-state index contributed by atoms with van der Waals surface area (Å²) in [7, 11) is 1.33. The normalized spacial score (nSPS) is 10.7. The van der Waals surface area contributed by atoms with Crippen LogP contribution in [0, 0.1) is 6.92 Å². The molecular formula is C22H22N2O4. The molecular weight excluding hydrogens is 356 g/mol. The third kappa shape index (κ3) is 4.35. The zero-order valence-corrected chi connectivity index (χ0v) is 15.9. The van der Waals surface area contributed by atoms with Crippen molar-refractivity contribution in [2.45, 2.75) is 19.9 Å². The first-order chi connectivity index (χ1) is 13.5. The van der Waals surface area contributed by atoms with Crippen LogP contribution in [0.4, 0.5) is 0 Å². The lowest BCUT2D eigenvalue weighted by Gasteiger charge is -2.11. The highest BCUT2D eigenvalue weighted by atomic mass is 16.5. The minimum atomic E-state index is -0.424. The molecule has 1 N–H and O–H groups in total. The summed E-state index contributed by atoms with van der Waals surface area (Å²) in [5.74, 6) is -0.424. The Morgan fingerprint density at radius 2 is 1.86 bits per heavy atom. The minimum absolute atomic E-state index is 0.0753. The van der Waals surface area contributed by atoms with Crippen molar-refractivity contribution in [3.05, 3.63) is 87.2 Å². The third-order valence-corrected chi connectivity index (χ3v) is 4.47. The molecule has 6 nitrogen and oxygen atoms in total. The lowest BCUT2D eigenvalue weighted by molar-refractivity contribution is 0.0600. The van der Waals surface area contributed by atoms with E-state index in [0.29, 0.717) is 17.7 Å². The number of aliphatic hydroxyl groups excluding tert-OH is 1. The van der Waals surface area contributed by atoms with E-state index in [2.05, 4.69) is 5.10 Å². The van der Waals surface area contributed by atoms with Gasteiger partial charge in [-0.3, -0.25) is 4.79 Å². The van der Waals surface area contributed by atoms with Crippen molar-refractivity contribution >= 4 is 5.97 Å². The van der Waals surface area contributed by atoms with Crippen molar-refractivity contribution in [1.82, 2.24) is 9.78 Å². The molecule has 1 aromatic heterocycles. The standard InChI is InChI=1S/C22H22N2O4/c1-15-11-20(26)24(14-17-6-4-8-19(13-17)22(27)28-2)23-21(15)18-7-3-5-16(12-18)9-10-25/h3-8,11-13,25H,9-10,14H2,1-2H3. The van der Waals surface area contributed by atoms with E-state index in [4.69, 9.17) is 9.84 Å². The zero-order valence-electron chi connectivity index (χ0n) is 15.9. The van der Waals surface area contributed by atoms with E-state index >= 15 is 0 Å². The average molecular weight is 378 g/mol. The Hall–Kier alpha value is -3.25. The summed E-state index contributed by atoms with van der Waals surface area (Å²) < 4.78 is 6.13. The molecule has 2 aromatic carbocycles. The van der Waals surface area contributed by atoms with Gasteiger partial charge in [-0.15, -0.1) is 0 Å². The topological polar surface area (TPSA) is 81.4 Å². The summed E-state index contributed by atoms with van der Waals surface area (Å²) in [6, 6.07) is 16.3. The van der Waals surface area contributed by atoms with Crippen molar-refractivity contribution in [2.75, 3.05) is 13.7 Å². The summed E-state index contributed by atoms with van der Waals surface area (Å²) in [5, 5.41) is 13.7. The summed E-state index contributed by atoms with van der Waals surface area (Å²) >= 11 is 0. The van der Waals surface area contributed by atoms with Gasteiger partial charge in [0.05, 0.1) is 24.9 Å². The number of aromatic nitrogens is 2. The van der Waals surface area contributed by atoms with Crippen LogP contribution in [0.3, 0.4) is 0 Å². The molecule has 0 aliphatic heterocycles. The van der Waals surface area contributed by atoms with Gasteiger partial charge in [0.15, 0.2) is 0 Å². The highest BCUT2D eigenvalue weighted by molar-refractivity contribution is 5.89. The van der Waals surface area contributed by atoms with Gasteiger partial charge in [-0.2, -0.15) is 5.10 Å². The number of hydrogen-bond acceptors (Lipinski definition) is 5. The summed E-state index contributed by atoms with van der Waals surface area (Å²) in [4.78, 5) is 24.2. The lowest BCUT2D eigenvalue weighted by atomic mass is 10.0. The van der Waals surface area contributed by atoms with Gasteiger partial charge in [-0.1, -0.05) is 30.3 Å². The predicted molar refractivity (Wildman–Crippen MR) is 106 cm³/mol. The third-order valence-electron chi connectivity index (χ3n) is 4.47. The van der Waals surface area contributed by atoms with Crippen LogP contribution in [-0.4, -0.2) is 34.6 Å². The van der Waals surface area contributed by atoms with Gasteiger partial charge >= 0.3 is 5.97 Å². The molecule has 0 saturated heterocycles. The van der Waals surface area contributed by atoms with Crippen LogP contribution in [-0.2, 0) is 17.7 Å². The predicted octanol–water partition coefficient (Wildman–Crippen LogP) is 2.59. The van der Waals surface area contributed by atoms with Crippen molar-refractivity contribution < 1.29 is 14.6 Å². The van der Waals surface area contributed by atoms with Crippen LogP contribution < -0.4 is 5.56 Å². The number of nitrogens with zero attached hydrogens (tertiary/aromatic N) is 2. The molecule has 28 heavy (non-hydrogen) atoms. The van der Waals surface area contributed by atoms with Crippen molar-refractivity contribution in [3.8, 4) is 11.3 Å². The largest absolute Gasteiger partial charge is 0.465 e. The molecule has 6 heteroatoms. The fraction of sp³-hybridized carbons (Fsp3) is 0.227. The quantitative estimate of drug-likeness (QED) is 0.667. The molecule has 0 aliphatic rings. The number of benzene rings is 2. The van der Waals surface area contributed by atoms with E-state index in [1.165, 1.54) is 11.8 Å². The second kappa shape index (κ2) is 8.63. The van der Waals surface area contributed by atoms with Gasteiger partial charge in [-0.05, 0) is 48.2 Å². The summed E-state index contributed by atoms with van der Waals surface area (Å²) in [5.41, 5.74) is 4.38. The SMILES string of the molecule is COC(=O)c1cccc(Cn2nc(-c3cccc(CCO)c3)c(C)cc2=O)c1. The number of carbonyl (C=O) groups is 1. The van der Waals surface area contributed by atoms with E-state index in [1.54, 1.807) is 24.3 Å². The number of ether oxygens (including phenoxy) is 1. The van der Waals surface area contributed by atoms with Crippen molar-refractivity contribution in [1.29, 1.82) is 0 Å². The molecule has 0 radical (unpaired) electrons. The van der Waals surface area contributed by atoms with Gasteiger partial charge in [0.1, 0.15) is 0 Å². The molecule has 1 heterocycles. The van der Waals surface area contributed by atoms with Crippen LogP contribution in [0.25, 0.3) is 11.3 Å². The second-order valence-corrected chi connectivity index (χ2v) is 6.54. The Bertz CT molecular complexity index is 1060. The number of carbonyl (C=O) groups excluding carboxylic acids is 1. The Labute approximate surface area is 163 Å². The molecule has 0 aliphatic carbocycles. The fourth-order valence-electron chi connectivity index (χ4n) is 3.07. The molecule has 144 valence electrons. The van der Waals surface area contributed by atoms with Gasteiger partial charge in [-0.25, -0.2) is 9.48 Å². The van der Waals surface area contributed by atoms with Gasteiger partial charge in [0.25, 0.3) is 5.56 Å². The molecule has 0 amide bonds. The van der Waals surface area contributed by atoms with Crippen LogP contribution in [0.1, 0.15) is 27.0 Å². The highest BCUT2D eigenvalue weighted by Gasteiger charge is 2.11. The summed E-state index contributed by atoms with van der Waals surface area (Å²) in [6.07, 6.45) is 0.562. The number of rotatable bonds is 6. The Morgan fingerprint density at radius 1 is 1.11 bits per heavy atom. The van der Waals surface area contributed by atoms with Crippen LogP contribution in [0.2, 0.25) is 0 Å². The fourth-order valence-corrected chi connectivity index (χ4v) is 3.07. The first kappa shape index (κ1) is 19.5. The molecule has 0 bridgehead atoms. The van der Waals surface area contributed by atoms with E-state index in [9.17, 15) is 9.59 Å². The number of aliphatic hydroxyl groups is 1.